The van der Waals surface area contributed by atoms with Gasteiger partial charge in [-0.15, -0.1) is 0 Å². The Morgan fingerprint density at radius 1 is 1.48 bits per heavy atom. The lowest BCUT2D eigenvalue weighted by Crippen LogP contribution is -2.22. The van der Waals surface area contributed by atoms with Crippen LogP contribution in [0.2, 0.25) is 5.02 Å². The van der Waals surface area contributed by atoms with Crippen LogP contribution in [-0.2, 0) is 6.54 Å². The van der Waals surface area contributed by atoms with Crippen LogP contribution in [0, 0.1) is 0 Å². The van der Waals surface area contributed by atoms with Crippen LogP contribution >= 0.6 is 27.5 Å². The minimum atomic E-state index is -0.0744. The summed E-state index contributed by atoms with van der Waals surface area (Å²) < 4.78 is 8.39. The lowest BCUT2D eigenvalue weighted by molar-refractivity contribution is 0.400. The molecule has 0 fully saturated rings. The molecule has 1 unspecified atom stereocenters. The van der Waals surface area contributed by atoms with Crippen molar-refractivity contribution in [2.75, 3.05) is 14.2 Å². The molecule has 0 bridgehead atoms. The summed E-state index contributed by atoms with van der Waals surface area (Å²) in [5.74, 6) is 0.766. The van der Waals surface area contributed by atoms with Crippen molar-refractivity contribution in [3.8, 4) is 5.75 Å². The van der Waals surface area contributed by atoms with E-state index in [0.29, 0.717) is 5.02 Å². The zero-order chi connectivity index (χ0) is 15.4. The number of hydrogen-bond donors (Lipinski definition) is 1. The van der Waals surface area contributed by atoms with Gasteiger partial charge in [-0.25, -0.2) is 0 Å². The van der Waals surface area contributed by atoms with Crippen molar-refractivity contribution < 1.29 is 4.74 Å². The smallest absolute Gasteiger partial charge is 0.161 e. The number of rotatable bonds is 6. The lowest BCUT2D eigenvalue weighted by atomic mass is 10.0. The van der Waals surface area contributed by atoms with Gasteiger partial charge in [-0.2, -0.15) is 5.10 Å². The highest BCUT2D eigenvalue weighted by molar-refractivity contribution is 9.10. The Bertz CT molecular complexity index is 615. The van der Waals surface area contributed by atoms with Gasteiger partial charge in [0.15, 0.2) is 5.75 Å². The predicted octanol–water partition coefficient (Wildman–Crippen LogP) is 4.03. The van der Waals surface area contributed by atoms with Crippen molar-refractivity contribution in [1.82, 2.24) is 15.1 Å². The summed E-state index contributed by atoms with van der Waals surface area (Å²) in [5, 5.41) is 8.44. The first kappa shape index (κ1) is 16.3. The largest absolute Gasteiger partial charge is 0.493 e. The van der Waals surface area contributed by atoms with Crippen molar-refractivity contribution in [3.05, 3.63) is 45.1 Å². The fourth-order valence-electron chi connectivity index (χ4n) is 2.39. The maximum absolute atomic E-state index is 6.40. The molecule has 0 aliphatic carbocycles. The molecule has 0 saturated carbocycles. The van der Waals surface area contributed by atoms with Crippen LogP contribution in [0.1, 0.15) is 30.6 Å². The van der Waals surface area contributed by atoms with Gasteiger partial charge < -0.3 is 10.1 Å². The minimum Gasteiger partial charge on any atom is -0.493 e. The molecule has 0 amide bonds. The zero-order valence-corrected chi connectivity index (χ0v) is 14.7. The summed E-state index contributed by atoms with van der Waals surface area (Å²) in [6.07, 6.45) is 2.75. The van der Waals surface area contributed by atoms with Crippen molar-refractivity contribution in [2.24, 2.45) is 0 Å². The van der Waals surface area contributed by atoms with E-state index in [0.717, 1.165) is 34.4 Å². The van der Waals surface area contributed by atoms with Gasteiger partial charge in [-0.05, 0) is 31.2 Å². The lowest BCUT2D eigenvalue weighted by Gasteiger charge is -2.21. The first-order chi connectivity index (χ1) is 10.1. The van der Waals surface area contributed by atoms with Gasteiger partial charge in [0.1, 0.15) is 5.69 Å². The van der Waals surface area contributed by atoms with E-state index in [1.807, 2.05) is 29.9 Å². The van der Waals surface area contributed by atoms with Crippen LogP contribution in [0.25, 0.3) is 0 Å². The number of aromatic nitrogens is 2. The summed E-state index contributed by atoms with van der Waals surface area (Å²) >= 11 is 9.84. The molecule has 0 aliphatic rings. The Morgan fingerprint density at radius 3 is 2.81 bits per heavy atom. The van der Waals surface area contributed by atoms with Crippen LogP contribution in [0.15, 0.2) is 28.9 Å². The molecular formula is C15H19BrClN3O. The van der Waals surface area contributed by atoms with Gasteiger partial charge in [0, 0.05) is 16.0 Å². The number of ether oxygens (including phenoxy) is 1. The highest BCUT2D eigenvalue weighted by Gasteiger charge is 2.24. The summed E-state index contributed by atoms with van der Waals surface area (Å²) in [5.41, 5.74) is 1.99. The highest BCUT2D eigenvalue weighted by Crippen LogP contribution is 2.34. The first-order valence-electron chi connectivity index (χ1n) is 6.84. The molecule has 2 rings (SSSR count). The minimum absolute atomic E-state index is 0.0744. The molecule has 2 aromatic rings. The molecule has 4 nitrogen and oxygen atoms in total. The summed E-state index contributed by atoms with van der Waals surface area (Å²) in [4.78, 5) is 0. The molecule has 21 heavy (non-hydrogen) atoms. The van der Waals surface area contributed by atoms with E-state index in [4.69, 9.17) is 16.3 Å². The summed E-state index contributed by atoms with van der Waals surface area (Å²) in [6.45, 7) is 2.96. The fraction of sp³-hybridized carbons (Fsp3) is 0.400. The second-order valence-electron chi connectivity index (χ2n) is 4.71. The van der Waals surface area contributed by atoms with Crippen LogP contribution in [0.5, 0.6) is 5.75 Å². The SMILES string of the molecule is CCCn1ncc(OC)c1C(NC)c1ccc(Br)cc1Cl. The maximum Gasteiger partial charge on any atom is 0.161 e. The van der Waals surface area contributed by atoms with E-state index >= 15 is 0 Å². The molecule has 0 saturated heterocycles. The molecule has 0 aliphatic heterocycles. The Hall–Kier alpha value is -1.04. The number of halogens is 2. The number of benzene rings is 1. The number of methoxy groups -OCH3 is 1. The van der Waals surface area contributed by atoms with Crippen molar-refractivity contribution >= 4 is 27.5 Å². The number of hydrogen-bond acceptors (Lipinski definition) is 3. The van der Waals surface area contributed by atoms with Crippen molar-refractivity contribution in [2.45, 2.75) is 25.9 Å². The fourth-order valence-corrected chi connectivity index (χ4v) is 3.17. The monoisotopic (exact) mass is 371 g/mol. The third kappa shape index (κ3) is 3.42. The molecule has 1 N–H and O–H groups in total. The van der Waals surface area contributed by atoms with Gasteiger partial charge in [0.25, 0.3) is 0 Å². The van der Waals surface area contributed by atoms with Crippen LogP contribution in [0.4, 0.5) is 0 Å². The standard InChI is InChI=1S/C15H19BrClN3O/c1-4-7-20-15(13(21-3)9-19-20)14(18-2)11-6-5-10(16)8-12(11)17/h5-6,8-9,14,18H,4,7H2,1-3H3. The molecule has 0 spiro atoms. The Morgan fingerprint density at radius 2 is 2.24 bits per heavy atom. The van der Waals surface area contributed by atoms with E-state index in [2.05, 4.69) is 33.3 Å². The number of aryl methyl sites for hydroxylation is 1. The van der Waals surface area contributed by atoms with Crippen molar-refractivity contribution in [1.29, 1.82) is 0 Å². The Kier molecular flexibility index (Phi) is 5.67. The summed E-state index contributed by atoms with van der Waals surface area (Å²) in [6, 6.07) is 5.82. The Balaban J connectivity index is 2.52. The zero-order valence-electron chi connectivity index (χ0n) is 12.4. The molecule has 1 aromatic carbocycles. The predicted molar refractivity (Wildman–Crippen MR) is 89.1 cm³/mol. The van der Waals surface area contributed by atoms with E-state index in [1.165, 1.54) is 0 Å². The van der Waals surface area contributed by atoms with Crippen LogP contribution < -0.4 is 10.1 Å². The second-order valence-corrected chi connectivity index (χ2v) is 6.03. The quantitative estimate of drug-likeness (QED) is 0.832. The highest BCUT2D eigenvalue weighted by atomic mass is 79.9. The first-order valence-corrected chi connectivity index (χ1v) is 8.01. The molecule has 0 radical (unpaired) electrons. The van der Waals surface area contributed by atoms with Gasteiger partial charge >= 0.3 is 0 Å². The third-order valence-electron chi connectivity index (χ3n) is 3.34. The molecule has 114 valence electrons. The van der Waals surface area contributed by atoms with E-state index in [9.17, 15) is 0 Å². The number of nitrogens with zero attached hydrogens (tertiary/aromatic N) is 2. The maximum atomic E-state index is 6.40. The molecule has 1 heterocycles. The van der Waals surface area contributed by atoms with Crippen molar-refractivity contribution in [3.63, 3.8) is 0 Å². The van der Waals surface area contributed by atoms with Gasteiger partial charge in [0.2, 0.25) is 0 Å². The molecular weight excluding hydrogens is 354 g/mol. The van der Waals surface area contributed by atoms with Crippen LogP contribution in [0.3, 0.4) is 0 Å². The van der Waals surface area contributed by atoms with Crippen LogP contribution in [-0.4, -0.2) is 23.9 Å². The molecule has 6 heteroatoms. The topological polar surface area (TPSA) is 39.1 Å². The van der Waals surface area contributed by atoms with Gasteiger partial charge in [-0.3, -0.25) is 4.68 Å². The van der Waals surface area contributed by atoms with E-state index in [1.54, 1.807) is 13.3 Å². The number of nitrogens with one attached hydrogen (secondary N) is 1. The Labute approximate surface area is 138 Å². The van der Waals surface area contributed by atoms with Gasteiger partial charge in [0.05, 0.1) is 19.3 Å². The summed E-state index contributed by atoms with van der Waals surface area (Å²) in [7, 11) is 3.57. The molecule has 1 atom stereocenters. The van der Waals surface area contributed by atoms with E-state index < -0.39 is 0 Å². The average Bonchev–Trinajstić information content (AvgIpc) is 2.85. The second kappa shape index (κ2) is 7.29. The average molecular weight is 373 g/mol. The van der Waals surface area contributed by atoms with Gasteiger partial charge in [-0.1, -0.05) is 40.5 Å². The molecule has 1 aromatic heterocycles. The van der Waals surface area contributed by atoms with E-state index in [-0.39, 0.29) is 6.04 Å². The normalized spacial score (nSPS) is 12.4. The third-order valence-corrected chi connectivity index (χ3v) is 4.16.